The maximum atomic E-state index is 5.38. The Morgan fingerprint density at radius 1 is 1.14 bits per heavy atom. The molecule has 21 heavy (non-hydrogen) atoms. The van der Waals surface area contributed by atoms with E-state index in [9.17, 15) is 0 Å². The summed E-state index contributed by atoms with van der Waals surface area (Å²) < 4.78 is 5.38. The lowest BCUT2D eigenvalue weighted by Gasteiger charge is -2.09. The van der Waals surface area contributed by atoms with Gasteiger partial charge in [0, 0.05) is 11.4 Å². The van der Waals surface area contributed by atoms with Crippen molar-refractivity contribution in [2.24, 2.45) is 0 Å². The van der Waals surface area contributed by atoms with E-state index in [1.807, 2.05) is 19.4 Å². The first-order valence-electron chi connectivity index (χ1n) is 6.98. The highest BCUT2D eigenvalue weighted by molar-refractivity contribution is 7.09. The van der Waals surface area contributed by atoms with Gasteiger partial charge in [-0.15, -0.1) is 11.3 Å². The van der Waals surface area contributed by atoms with Crippen molar-refractivity contribution in [2.45, 2.75) is 33.7 Å². The molecule has 2 N–H and O–H groups in total. The molecule has 0 atom stereocenters. The third-order valence-corrected chi connectivity index (χ3v) is 3.61. The smallest absolute Gasteiger partial charge is 0.323 e. The van der Waals surface area contributed by atoms with Crippen molar-refractivity contribution in [3.05, 3.63) is 16.1 Å². The van der Waals surface area contributed by atoms with E-state index in [2.05, 4.69) is 37.5 Å². The van der Waals surface area contributed by atoms with E-state index in [1.54, 1.807) is 11.3 Å². The maximum absolute atomic E-state index is 5.38. The van der Waals surface area contributed by atoms with Gasteiger partial charge in [0.2, 0.25) is 11.9 Å². The molecular weight excluding hydrogens is 288 g/mol. The Morgan fingerprint density at radius 3 is 2.52 bits per heavy atom. The zero-order valence-corrected chi connectivity index (χ0v) is 13.3. The zero-order chi connectivity index (χ0) is 15.1. The predicted octanol–water partition coefficient (Wildman–Crippen LogP) is 2.47. The van der Waals surface area contributed by atoms with Crippen LogP contribution in [-0.2, 0) is 6.54 Å². The molecule has 2 heterocycles. The van der Waals surface area contributed by atoms with Gasteiger partial charge >= 0.3 is 6.01 Å². The van der Waals surface area contributed by atoms with E-state index in [1.165, 1.54) is 0 Å². The molecule has 0 unspecified atom stereocenters. The molecule has 0 aromatic carbocycles. The summed E-state index contributed by atoms with van der Waals surface area (Å²) >= 11 is 1.61. The van der Waals surface area contributed by atoms with Gasteiger partial charge in [0.25, 0.3) is 0 Å². The second-order valence-corrected chi connectivity index (χ2v) is 5.28. The molecule has 0 fully saturated rings. The van der Waals surface area contributed by atoms with Gasteiger partial charge in [0.15, 0.2) is 0 Å². The number of thiazole rings is 1. The Balaban J connectivity index is 2.09. The monoisotopic (exact) mass is 308 g/mol. The molecule has 0 bridgehead atoms. The van der Waals surface area contributed by atoms with Gasteiger partial charge < -0.3 is 15.4 Å². The van der Waals surface area contributed by atoms with Crippen molar-refractivity contribution in [1.29, 1.82) is 0 Å². The lowest BCUT2D eigenvalue weighted by molar-refractivity contribution is 0.312. The van der Waals surface area contributed by atoms with Crippen LogP contribution >= 0.6 is 11.3 Å². The summed E-state index contributed by atoms with van der Waals surface area (Å²) in [5.74, 6) is 1.03. The van der Waals surface area contributed by atoms with Crippen molar-refractivity contribution in [3.8, 4) is 6.01 Å². The molecule has 0 spiro atoms. The van der Waals surface area contributed by atoms with Crippen molar-refractivity contribution in [2.75, 3.05) is 23.8 Å². The van der Waals surface area contributed by atoms with Gasteiger partial charge in [-0.1, -0.05) is 6.92 Å². The third-order valence-electron chi connectivity index (χ3n) is 2.67. The minimum absolute atomic E-state index is 0.328. The Kier molecular flexibility index (Phi) is 5.68. The molecule has 114 valence electrons. The van der Waals surface area contributed by atoms with Crippen molar-refractivity contribution < 1.29 is 4.74 Å². The fourth-order valence-electron chi connectivity index (χ4n) is 1.60. The summed E-state index contributed by atoms with van der Waals surface area (Å²) in [4.78, 5) is 18.2. The van der Waals surface area contributed by atoms with Crippen molar-refractivity contribution in [1.82, 2.24) is 19.9 Å². The van der Waals surface area contributed by atoms with Crippen LogP contribution < -0.4 is 15.4 Å². The summed E-state index contributed by atoms with van der Waals surface area (Å²) in [5, 5.41) is 6.34. The molecule has 0 aliphatic rings. The summed E-state index contributed by atoms with van der Waals surface area (Å²) in [7, 11) is 0. The van der Waals surface area contributed by atoms with Crippen molar-refractivity contribution in [3.63, 3.8) is 0 Å². The van der Waals surface area contributed by atoms with Crippen LogP contribution in [0.25, 0.3) is 0 Å². The molecule has 0 radical (unpaired) electrons. The molecule has 0 aliphatic heterocycles. The molecule has 0 saturated heterocycles. The quantitative estimate of drug-likeness (QED) is 0.775. The Labute approximate surface area is 128 Å². The minimum atomic E-state index is 0.328. The van der Waals surface area contributed by atoms with E-state index in [4.69, 9.17) is 4.74 Å². The second-order valence-electron chi connectivity index (χ2n) is 4.34. The molecule has 0 saturated carbocycles. The van der Waals surface area contributed by atoms with Crippen LogP contribution in [0.15, 0.2) is 5.51 Å². The van der Waals surface area contributed by atoms with E-state index < -0.39 is 0 Å². The third kappa shape index (κ3) is 4.52. The standard InChI is InChI=1S/C13H20N6OS/c1-4-6-14-11-17-12(19-13(18-11)20-5-2)15-7-10-9(3)16-8-21-10/h8H,4-7H2,1-3H3,(H2,14,15,17,18,19). The average molecular weight is 308 g/mol. The second kappa shape index (κ2) is 7.72. The molecule has 0 aliphatic carbocycles. The highest BCUT2D eigenvalue weighted by Crippen LogP contribution is 2.15. The van der Waals surface area contributed by atoms with Gasteiger partial charge in [-0.05, 0) is 20.3 Å². The number of aromatic nitrogens is 4. The summed E-state index contributed by atoms with van der Waals surface area (Å²) in [6.07, 6.45) is 0.998. The minimum Gasteiger partial charge on any atom is -0.464 e. The van der Waals surface area contributed by atoms with Crippen LogP contribution in [0.3, 0.4) is 0 Å². The summed E-state index contributed by atoms with van der Waals surface area (Å²) in [6, 6.07) is 0.328. The van der Waals surface area contributed by atoms with Crippen LogP contribution in [-0.4, -0.2) is 33.1 Å². The Morgan fingerprint density at radius 2 is 1.90 bits per heavy atom. The van der Waals surface area contributed by atoms with E-state index in [-0.39, 0.29) is 0 Å². The van der Waals surface area contributed by atoms with Gasteiger partial charge in [-0.2, -0.15) is 15.0 Å². The van der Waals surface area contributed by atoms with E-state index >= 15 is 0 Å². The maximum Gasteiger partial charge on any atom is 0.323 e. The Hall–Kier alpha value is -1.96. The predicted molar refractivity (Wildman–Crippen MR) is 84.0 cm³/mol. The fourth-order valence-corrected chi connectivity index (χ4v) is 2.32. The van der Waals surface area contributed by atoms with Crippen LogP contribution in [0.4, 0.5) is 11.9 Å². The zero-order valence-electron chi connectivity index (χ0n) is 12.5. The molecular formula is C13H20N6OS. The lowest BCUT2D eigenvalue weighted by Crippen LogP contribution is -2.11. The molecule has 8 heteroatoms. The van der Waals surface area contributed by atoms with Crippen LogP contribution in [0.2, 0.25) is 0 Å². The Bertz CT molecular complexity index is 574. The first kappa shape index (κ1) is 15.4. The summed E-state index contributed by atoms with van der Waals surface area (Å²) in [6.45, 7) is 7.94. The van der Waals surface area contributed by atoms with E-state index in [0.29, 0.717) is 31.1 Å². The number of nitrogens with one attached hydrogen (secondary N) is 2. The first-order chi connectivity index (χ1) is 10.2. The number of anilines is 2. The average Bonchev–Trinajstić information content (AvgIpc) is 2.88. The molecule has 2 aromatic rings. The lowest BCUT2D eigenvalue weighted by atomic mass is 10.4. The topological polar surface area (TPSA) is 84.9 Å². The van der Waals surface area contributed by atoms with Crippen LogP contribution in [0, 0.1) is 6.92 Å². The number of hydrogen-bond donors (Lipinski definition) is 2. The number of ether oxygens (including phenoxy) is 1. The fraction of sp³-hybridized carbons (Fsp3) is 0.538. The van der Waals surface area contributed by atoms with Gasteiger partial charge in [0.1, 0.15) is 0 Å². The molecule has 2 rings (SSSR count). The number of aryl methyl sites for hydroxylation is 1. The SMILES string of the molecule is CCCNc1nc(NCc2scnc2C)nc(OCC)n1. The number of nitrogens with zero attached hydrogens (tertiary/aromatic N) is 4. The molecule has 2 aromatic heterocycles. The van der Waals surface area contributed by atoms with Gasteiger partial charge in [0.05, 0.1) is 24.4 Å². The van der Waals surface area contributed by atoms with Crippen LogP contribution in [0.5, 0.6) is 6.01 Å². The largest absolute Gasteiger partial charge is 0.464 e. The highest BCUT2D eigenvalue weighted by atomic mass is 32.1. The van der Waals surface area contributed by atoms with Crippen LogP contribution in [0.1, 0.15) is 30.8 Å². The molecule has 0 amide bonds. The highest BCUT2D eigenvalue weighted by Gasteiger charge is 2.08. The van der Waals surface area contributed by atoms with E-state index in [0.717, 1.165) is 23.5 Å². The number of rotatable bonds is 8. The van der Waals surface area contributed by atoms with Gasteiger partial charge in [-0.3, -0.25) is 0 Å². The van der Waals surface area contributed by atoms with Gasteiger partial charge in [-0.25, -0.2) is 4.98 Å². The number of hydrogen-bond acceptors (Lipinski definition) is 8. The normalized spacial score (nSPS) is 10.4. The first-order valence-corrected chi connectivity index (χ1v) is 7.86. The van der Waals surface area contributed by atoms with Crippen molar-refractivity contribution >= 4 is 23.2 Å². The molecule has 7 nitrogen and oxygen atoms in total. The summed E-state index contributed by atoms with van der Waals surface area (Å²) in [5.41, 5.74) is 2.86.